The molecule has 0 aromatic carbocycles. The van der Waals surface area contributed by atoms with E-state index in [1.165, 1.54) is 19.3 Å². The van der Waals surface area contributed by atoms with Crippen LogP contribution in [0.15, 0.2) is 0 Å². The van der Waals surface area contributed by atoms with E-state index in [0.717, 1.165) is 12.3 Å². The molecule has 2 bridgehead atoms. The Balaban J connectivity index is 2.23. The van der Waals surface area contributed by atoms with E-state index in [1.807, 2.05) is 0 Å². The second-order valence-corrected chi connectivity index (χ2v) is 6.21. The molecule has 1 heteroatoms. The second kappa shape index (κ2) is 2.84. The normalized spacial score (nSPS) is 44.3. The predicted molar refractivity (Wildman–Crippen MR) is 58.0 cm³/mol. The number of hydrogen-bond donors (Lipinski definition) is 0. The van der Waals surface area contributed by atoms with Crippen LogP contribution in [-0.2, 0) is 4.79 Å². The minimum Gasteiger partial charge on any atom is -0.300 e. The molecule has 0 unspecified atom stereocenters. The first-order valence-corrected chi connectivity index (χ1v) is 5.87. The van der Waals surface area contributed by atoms with Gasteiger partial charge in [0, 0.05) is 6.42 Å². The number of carbonyl (C=O) groups is 1. The molecule has 80 valence electrons. The molecule has 2 saturated carbocycles. The first-order chi connectivity index (χ1) is 6.38. The summed E-state index contributed by atoms with van der Waals surface area (Å²) in [6.45, 7) is 8.96. The third-order valence-corrected chi connectivity index (χ3v) is 5.51. The molecule has 3 atom stereocenters. The monoisotopic (exact) mass is 194 g/mol. The lowest BCUT2D eigenvalue weighted by molar-refractivity contribution is -0.119. The Labute approximate surface area is 87.3 Å². The van der Waals surface area contributed by atoms with Crippen LogP contribution in [0.25, 0.3) is 0 Å². The molecule has 2 fully saturated rings. The average Bonchev–Trinajstić information content (AvgIpc) is 2.35. The van der Waals surface area contributed by atoms with Gasteiger partial charge in [-0.3, -0.25) is 0 Å². The molecule has 2 aliphatic carbocycles. The Morgan fingerprint density at radius 3 is 2.36 bits per heavy atom. The van der Waals surface area contributed by atoms with Crippen molar-refractivity contribution >= 4 is 5.78 Å². The van der Waals surface area contributed by atoms with Crippen LogP contribution in [-0.4, -0.2) is 5.78 Å². The predicted octanol–water partition coefficient (Wildman–Crippen LogP) is 3.43. The topological polar surface area (TPSA) is 17.1 Å². The van der Waals surface area contributed by atoms with Crippen LogP contribution in [0.2, 0.25) is 0 Å². The molecule has 0 saturated heterocycles. The average molecular weight is 194 g/mol. The zero-order valence-electron chi connectivity index (χ0n) is 9.89. The van der Waals surface area contributed by atoms with Crippen molar-refractivity contribution in [3.05, 3.63) is 0 Å². The van der Waals surface area contributed by atoms with Crippen molar-refractivity contribution in [2.45, 2.75) is 53.4 Å². The molecule has 0 radical (unpaired) electrons. The molecule has 2 rings (SSSR count). The Kier molecular flexibility index (Phi) is 2.06. The van der Waals surface area contributed by atoms with Crippen LogP contribution in [0.4, 0.5) is 0 Å². The van der Waals surface area contributed by atoms with E-state index in [9.17, 15) is 4.79 Å². The van der Waals surface area contributed by atoms with Crippen molar-refractivity contribution in [2.24, 2.45) is 22.7 Å². The summed E-state index contributed by atoms with van der Waals surface area (Å²) in [5.41, 5.74) is 0.899. The van der Waals surface area contributed by atoms with E-state index in [-0.39, 0.29) is 0 Å². The summed E-state index contributed by atoms with van der Waals surface area (Å²) in [6.07, 6.45) is 4.83. The lowest BCUT2D eigenvalue weighted by Crippen LogP contribution is -2.33. The van der Waals surface area contributed by atoms with Crippen LogP contribution in [0.3, 0.4) is 0 Å². The van der Waals surface area contributed by atoms with Gasteiger partial charge in [0.05, 0.1) is 0 Å². The van der Waals surface area contributed by atoms with Gasteiger partial charge in [-0.05, 0) is 48.9 Å². The number of ketones is 1. The molecule has 0 heterocycles. The van der Waals surface area contributed by atoms with Gasteiger partial charge in [0.1, 0.15) is 5.78 Å². The minimum atomic E-state index is 0.375. The van der Waals surface area contributed by atoms with Gasteiger partial charge in [-0.1, -0.05) is 20.8 Å². The summed E-state index contributed by atoms with van der Waals surface area (Å²) >= 11 is 0. The van der Waals surface area contributed by atoms with Crippen molar-refractivity contribution in [2.75, 3.05) is 0 Å². The van der Waals surface area contributed by atoms with Gasteiger partial charge >= 0.3 is 0 Å². The quantitative estimate of drug-likeness (QED) is 0.658. The molecular formula is C13H22O. The lowest BCUT2D eigenvalue weighted by atomic mass is 9.66. The second-order valence-electron chi connectivity index (χ2n) is 6.21. The van der Waals surface area contributed by atoms with Gasteiger partial charge < -0.3 is 4.79 Å². The van der Waals surface area contributed by atoms with E-state index in [4.69, 9.17) is 0 Å². The Morgan fingerprint density at radius 1 is 1.36 bits per heavy atom. The number of hydrogen-bond acceptors (Lipinski definition) is 1. The van der Waals surface area contributed by atoms with Gasteiger partial charge in [0.2, 0.25) is 0 Å². The van der Waals surface area contributed by atoms with E-state index in [2.05, 4.69) is 20.8 Å². The maximum absolute atomic E-state index is 11.2. The molecule has 0 aromatic heterocycles. The lowest BCUT2D eigenvalue weighted by Gasteiger charge is -2.39. The molecular weight excluding hydrogens is 172 g/mol. The van der Waals surface area contributed by atoms with E-state index < -0.39 is 0 Å². The summed E-state index contributed by atoms with van der Waals surface area (Å²) in [5, 5.41) is 0. The molecule has 0 spiro atoms. The highest BCUT2D eigenvalue weighted by Gasteiger charge is 2.60. The first kappa shape index (κ1) is 10.2. The van der Waals surface area contributed by atoms with Crippen molar-refractivity contribution in [1.29, 1.82) is 0 Å². The van der Waals surface area contributed by atoms with Crippen LogP contribution in [0.5, 0.6) is 0 Å². The fraction of sp³-hybridized carbons (Fsp3) is 0.923. The summed E-state index contributed by atoms with van der Waals surface area (Å²) in [7, 11) is 0. The minimum absolute atomic E-state index is 0.375. The molecule has 0 amide bonds. The van der Waals surface area contributed by atoms with Gasteiger partial charge in [0.25, 0.3) is 0 Å². The first-order valence-electron chi connectivity index (χ1n) is 5.87. The highest BCUT2D eigenvalue weighted by atomic mass is 16.1. The largest absolute Gasteiger partial charge is 0.300 e. The van der Waals surface area contributed by atoms with E-state index in [0.29, 0.717) is 22.5 Å². The third kappa shape index (κ3) is 1.11. The smallest absolute Gasteiger partial charge is 0.130 e. The number of carbonyl (C=O) groups excluding carboxylic acids is 1. The maximum Gasteiger partial charge on any atom is 0.130 e. The Bertz CT molecular complexity index is 266. The molecule has 0 aliphatic heterocycles. The standard InChI is InChI=1S/C13H22O/c1-9(14)7-11-8-10-5-6-13(11,4)12(10,2)3/h10-11H,5-8H2,1-4H3/t10-,11+,13+/m0/s1. The summed E-state index contributed by atoms with van der Waals surface area (Å²) < 4.78 is 0. The van der Waals surface area contributed by atoms with Crippen molar-refractivity contribution in [3.8, 4) is 0 Å². The summed E-state index contributed by atoms with van der Waals surface area (Å²) in [6, 6.07) is 0. The maximum atomic E-state index is 11.2. The highest BCUT2D eigenvalue weighted by molar-refractivity contribution is 5.75. The SMILES string of the molecule is CC(=O)C[C@@H]1C[C@@H]2CC[C@@]1(C)C2(C)C. The molecule has 1 nitrogen and oxygen atoms in total. The number of Topliss-reactive ketones (excluding diaryl/α,β-unsaturated/α-hetero) is 1. The zero-order chi connectivity index (χ0) is 10.6. The van der Waals surface area contributed by atoms with E-state index in [1.54, 1.807) is 6.92 Å². The van der Waals surface area contributed by atoms with Crippen LogP contribution < -0.4 is 0 Å². The Morgan fingerprint density at radius 2 is 2.00 bits per heavy atom. The van der Waals surface area contributed by atoms with Crippen LogP contribution >= 0.6 is 0 Å². The van der Waals surface area contributed by atoms with E-state index >= 15 is 0 Å². The molecule has 14 heavy (non-hydrogen) atoms. The summed E-state index contributed by atoms with van der Waals surface area (Å²) in [5.74, 6) is 1.91. The van der Waals surface area contributed by atoms with Gasteiger partial charge in [-0.25, -0.2) is 0 Å². The zero-order valence-corrected chi connectivity index (χ0v) is 9.89. The van der Waals surface area contributed by atoms with Gasteiger partial charge in [-0.2, -0.15) is 0 Å². The number of fused-ring (bicyclic) bond motifs is 2. The van der Waals surface area contributed by atoms with Crippen molar-refractivity contribution < 1.29 is 4.79 Å². The Hall–Kier alpha value is -0.330. The van der Waals surface area contributed by atoms with Gasteiger partial charge in [0.15, 0.2) is 0 Å². The fourth-order valence-electron chi connectivity index (χ4n) is 4.03. The summed E-state index contributed by atoms with van der Waals surface area (Å²) in [4.78, 5) is 11.2. The van der Waals surface area contributed by atoms with Crippen molar-refractivity contribution in [3.63, 3.8) is 0 Å². The van der Waals surface area contributed by atoms with Crippen LogP contribution in [0.1, 0.15) is 53.4 Å². The highest BCUT2D eigenvalue weighted by Crippen LogP contribution is 2.68. The third-order valence-electron chi connectivity index (χ3n) is 5.51. The molecule has 2 aliphatic rings. The fourth-order valence-corrected chi connectivity index (χ4v) is 4.03. The number of rotatable bonds is 2. The molecule has 0 N–H and O–H groups in total. The van der Waals surface area contributed by atoms with Crippen LogP contribution in [0, 0.1) is 22.7 Å². The van der Waals surface area contributed by atoms with Gasteiger partial charge in [-0.15, -0.1) is 0 Å². The van der Waals surface area contributed by atoms with Crippen molar-refractivity contribution in [1.82, 2.24) is 0 Å². The molecule has 0 aromatic rings.